The minimum Gasteiger partial charge on any atom is -0.287 e. The zero-order chi connectivity index (χ0) is 24.9. The fourth-order valence-electron chi connectivity index (χ4n) is 4.17. The third kappa shape index (κ3) is 8.61. The molecule has 0 saturated heterocycles. The minimum absolute atomic E-state index is 0.173. The average molecular weight is 495 g/mol. The highest BCUT2D eigenvalue weighted by molar-refractivity contribution is 8.01. The summed E-state index contributed by atoms with van der Waals surface area (Å²) in [7, 11) is 0. The highest BCUT2D eigenvalue weighted by atomic mass is 32.2. The zero-order valence-electron chi connectivity index (χ0n) is 22.3. The summed E-state index contributed by atoms with van der Waals surface area (Å²) in [4.78, 5) is 12.9. The Hall–Kier alpha value is -1.52. The van der Waals surface area contributed by atoms with Gasteiger partial charge in [-0.05, 0) is 51.0 Å². The number of hydrogen-bond acceptors (Lipinski definition) is 4. The third-order valence-corrected chi connectivity index (χ3v) is 8.08. The van der Waals surface area contributed by atoms with E-state index >= 15 is 0 Å². The van der Waals surface area contributed by atoms with Crippen LogP contribution in [0.3, 0.4) is 0 Å². The summed E-state index contributed by atoms with van der Waals surface area (Å²) in [5, 5.41) is 0. The Morgan fingerprint density at radius 3 is 1.41 bits per heavy atom. The van der Waals surface area contributed by atoms with Crippen LogP contribution in [0, 0.1) is 13.8 Å². The molecule has 2 atom stereocenters. The van der Waals surface area contributed by atoms with Crippen molar-refractivity contribution >= 4 is 36.0 Å². The first-order valence-corrected chi connectivity index (χ1v) is 14.2. The van der Waals surface area contributed by atoms with E-state index in [-0.39, 0.29) is 21.6 Å². The Morgan fingerprint density at radius 1 is 0.676 bits per heavy atom. The van der Waals surface area contributed by atoms with E-state index in [0.29, 0.717) is 0 Å². The fraction of sp³-hybridized carbons (Fsp3) is 0.533. The molecule has 0 spiro atoms. The van der Waals surface area contributed by atoms with Gasteiger partial charge >= 0.3 is 0 Å². The van der Waals surface area contributed by atoms with Gasteiger partial charge in [-0.25, -0.2) is 0 Å². The van der Waals surface area contributed by atoms with Crippen molar-refractivity contribution in [2.24, 2.45) is 9.98 Å². The summed E-state index contributed by atoms with van der Waals surface area (Å²) in [6.07, 6.45) is 8.94. The molecule has 0 radical (unpaired) electrons. The van der Waals surface area contributed by atoms with Crippen molar-refractivity contribution in [1.82, 2.24) is 0 Å². The van der Waals surface area contributed by atoms with E-state index in [2.05, 4.69) is 104 Å². The molecule has 1 fully saturated rings. The molecule has 1 aliphatic carbocycles. The molecule has 2 unspecified atom stereocenters. The van der Waals surface area contributed by atoms with Crippen molar-refractivity contribution in [3.8, 4) is 0 Å². The Balaban J connectivity index is 1.83. The first kappa shape index (κ1) is 27.1. The molecule has 0 bridgehead atoms. The van der Waals surface area contributed by atoms with Crippen LogP contribution in [0.2, 0.25) is 0 Å². The molecule has 2 aromatic carbocycles. The maximum absolute atomic E-state index is 5.12. The maximum Gasteiger partial charge on any atom is 0.0723 e. The van der Waals surface area contributed by atoms with Crippen LogP contribution in [0.1, 0.15) is 89.5 Å². The smallest absolute Gasteiger partial charge is 0.0723 e. The second kappa shape index (κ2) is 11.5. The molecule has 2 nitrogen and oxygen atoms in total. The molecule has 1 aliphatic rings. The Kier molecular flexibility index (Phi) is 9.14. The molecule has 184 valence electrons. The van der Waals surface area contributed by atoms with Crippen LogP contribution in [0.5, 0.6) is 0 Å². The summed E-state index contributed by atoms with van der Waals surface area (Å²) in [6.45, 7) is 17.9. The van der Waals surface area contributed by atoms with Crippen LogP contribution in [0.25, 0.3) is 0 Å². The highest BCUT2D eigenvalue weighted by Gasteiger charge is 2.24. The number of hydrogen-bond donors (Lipinski definition) is 0. The van der Waals surface area contributed by atoms with E-state index in [1.807, 2.05) is 23.5 Å². The Morgan fingerprint density at radius 2 is 1.06 bits per heavy atom. The van der Waals surface area contributed by atoms with Gasteiger partial charge in [0.25, 0.3) is 0 Å². The van der Waals surface area contributed by atoms with Gasteiger partial charge < -0.3 is 0 Å². The minimum atomic E-state index is 0.173. The summed E-state index contributed by atoms with van der Waals surface area (Å²) in [5.41, 5.74) is 5.02. The first-order chi connectivity index (χ1) is 15.9. The van der Waals surface area contributed by atoms with Crippen LogP contribution in [0.4, 0.5) is 0 Å². The number of nitrogens with zero attached hydrogens (tertiary/aromatic N) is 2. The molecule has 0 heterocycles. The lowest BCUT2D eigenvalue weighted by atomic mass is 9.91. The molecule has 34 heavy (non-hydrogen) atoms. The van der Waals surface area contributed by atoms with Gasteiger partial charge in [0, 0.05) is 42.8 Å². The largest absolute Gasteiger partial charge is 0.287 e. The topological polar surface area (TPSA) is 24.7 Å². The summed E-state index contributed by atoms with van der Waals surface area (Å²) < 4.78 is 0.345. The van der Waals surface area contributed by atoms with Gasteiger partial charge in [0.15, 0.2) is 0 Å². The number of aliphatic imine (C=N–C) groups is 2. The van der Waals surface area contributed by atoms with Crippen molar-refractivity contribution < 1.29 is 0 Å². The van der Waals surface area contributed by atoms with Crippen LogP contribution >= 0.6 is 23.5 Å². The molecule has 0 aromatic heterocycles. The summed E-state index contributed by atoms with van der Waals surface area (Å²) >= 11 is 3.83. The van der Waals surface area contributed by atoms with E-state index in [1.54, 1.807) is 0 Å². The van der Waals surface area contributed by atoms with Crippen molar-refractivity contribution in [3.05, 3.63) is 58.7 Å². The lowest BCUT2D eigenvalue weighted by Gasteiger charge is -2.26. The number of rotatable bonds is 6. The summed E-state index contributed by atoms with van der Waals surface area (Å²) in [5.74, 6) is 0. The van der Waals surface area contributed by atoms with Gasteiger partial charge in [0.05, 0.1) is 12.1 Å². The fourth-order valence-corrected chi connectivity index (χ4v) is 6.23. The molecule has 0 aliphatic heterocycles. The number of aryl methyl sites for hydroxylation is 2. The third-order valence-electron chi connectivity index (χ3n) is 5.67. The SMILES string of the molecule is Cc1ccc(SC(C)(C)C)c(C=NC2CCCCC2N=Cc2cc(C)ccc2SC(C)(C)C)c1. The van der Waals surface area contributed by atoms with Gasteiger partial charge in [-0.2, -0.15) is 0 Å². The quantitative estimate of drug-likeness (QED) is 0.296. The van der Waals surface area contributed by atoms with Crippen LogP contribution in [-0.2, 0) is 0 Å². The van der Waals surface area contributed by atoms with Gasteiger partial charge in [-0.3, -0.25) is 9.98 Å². The van der Waals surface area contributed by atoms with Crippen LogP contribution in [-0.4, -0.2) is 34.0 Å². The lowest BCUT2D eigenvalue weighted by molar-refractivity contribution is 0.390. The van der Waals surface area contributed by atoms with Crippen molar-refractivity contribution in [2.45, 2.75) is 112 Å². The normalized spacial score (nSPS) is 19.9. The molecule has 2 aromatic rings. The molecule has 3 rings (SSSR count). The molecular formula is C30H42N2S2. The van der Waals surface area contributed by atoms with E-state index in [1.165, 1.54) is 44.9 Å². The Bertz CT molecular complexity index is 942. The standard InChI is InChI=1S/C30H42N2S2/c1-21-13-15-27(33-29(3,4)5)23(17-21)19-31-25-11-9-10-12-26(25)32-20-24-18-22(2)14-16-28(24)34-30(6,7)8/h13-20,25-26H,9-12H2,1-8H3. The van der Waals surface area contributed by atoms with Crippen LogP contribution in [0.15, 0.2) is 56.2 Å². The van der Waals surface area contributed by atoms with Gasteiger partial charge in [0.1, 0.15) is 0 Å². The monoisotopic (exact) mass is 494 g/mol. The maximum atomic E-state index is 5.12. The van der Waals surface area contributed by atoms with Crippen molar-refractivity contribution in [1.29, 1.82) is 0 Å². The number of benzene rings is 2. The van der Waals surface area contributed by atoms with E-state index in [4.69, 9.17) is 9.98 Å². The number of thioether (sulfide) groups is 2. The van der Waals surface area contributed by atoms with E-state index in [9.17, 15) is 0 Å². The van der Waals surface area contributed by atoms with E-state index in [0.717, 1.165) is 12.8 Å². The predicted octanol–water partition coefficient (Wildman–Crippen LogP) is 8.93. The molecule has 4 heteroatoms. The average Bonchev–Trinajstić information content (AvgIpc) is 2.73. The molecular weight excluding hydrogens is 452 g/mol. The van der Waals surface area contributed by atoms with E-state index < -0.39 is 0 Å². The second-order valence-corrected chi connectivity index (χ2v) is 15.2. The van der Waals surface area contributed by atoms with Crippen molar-refractivity contribution in [2.75, 3.05) is 0 Å². The second-order valence-electron chi connectivity index (χ2n) is 11.5. The highest BCUT2D eigenvalue weighted by Crippen LogP contribution is 2.35. The zero-order valence-corrected chi connectivity index (χ0v) is 23.9. The van der Waals surface area contributed by atoms with Crippen LogP contribution < -0.4 is 0 Å². The summed E-state index contributed by atoms with van der Waals surface area (Å²) in [6, 6.07) is 13.9. The molecule has 0 N–H and O–H groups in total. The van der Waals surface area contributed by atoms with Gasteiger partial charge in [-0.1, -0.05) is 77.6 Å². The van der Waals surface area contributed by atoms with Gasteiger partial charge in [-0.15, -0.1) is 23.5 Å². The molecule has 0 amide bonds. The Labute approximate surface area is 216 Å². The lowest BCUT2D eigenvalue weighted by Crippen LogP contribution is -2.27. The van der Waals surface area contributed by atoms with Gasteiger partial charge in [0.2, 0.25) is 0 Å². The molecule has 1 saturated carbocycles. The predicted molar refractivity (Wildman–Crippen MR) is 155 cm³/mol. The first-order valence-electron chi connectivity index (χ1n) is 12.6. The van der Waals surface area contributed by atoms with Crippen molar-refractivity contribution in [3.63, 3.8) is 0 Å².